The van der Waals surface area contributed by atoms with Gasteiger partial charge in [-0.1, -0.05) is 69.8 Å². The summed E-state index contributed by atoms with van der Waals surface area (Å²) in [4.78, 5) is 15.0. The zero-order valence-electron chi connectivity index (χ0n) is 23.8. The van der Waals surface area contributed by atoms with E-state index in [1.807, 2.05) is 24.4 Å². The van der Waals surface area contributed by atoms with Crippen LogP contribution in [0.5, 0.6) is 5.75 Å². The van der Waals surface area contributed by atoms with Crippen LogP contribution in [0, 0.1) is 0 Å². The summed E-state index contributed by atoms with van der Waals surface area (Å²) in [6.07, 6.45) is 26.1. The highest BCUT2D eigenvalue weighted by Gasteiger charge is 2.15. The molecule has 1 aromatic heterocycles. The van der Waals surface area contributed by atoms with Crippen LogP contribution in [0.2, 0.25) is 0 Å². The monoisotopic (exact) mass is 510 g/mol. The highest BCUT2D eigenvalue weighted by molar-refractivity contribution is 5.92. The van der Waals surface area contributed by atoms with Crippen LogP contribution in [-0.4, -0.2) is 49.9 Å². The number of unbranched alkanes of at least 4 members (excludes halogenated alkanes) is 9. The van der Waals surface area contributed by atoms with E-state index in [4.69, 9.17) is 9.47 Å². The van der Waals surface area contributed by atoms with E-state index in [9.17, 15) is 4.79 Å². The number of likely N-dealkylation sites (N-methyl/N-ethyl adjacent to an activating group) is 1. The molecule has 2 aromatic rings. The minimum atomic E-state index is -0.297. The van der Waals surface area contributed by atoms with Gasteiger partial charge in [-0.15, -0.1) is 0 Å². The van der Waals surface area contributed by atoms with Gasteiger partial charge in [0, 0.05) is 18.1 Å². The first kappa shape index (κ1) is 30.7. The normalized spacial score (nSPS) is 11.9. The number of allylic oxidation sites excluding steroid dienone is 4. The Morgan fingerprint density at radius 3 is 2.27 bits per heavy atom. The van der Waals surface area contributed by atoms with Crippen LogP contribution in [0.25, 0.3) is 10.9 Å². The lowest BCUT2D eigenvalue weighted by molar-refractivity contribution is 0.146. The number of fused-ring (bicyclic) bond motifs is 1. The molecular formula is C32H50N2O3. The quantitative estimate of drug-likeness (QED) is 0.140. The summed E-state index contributed by atoms with van der Waals surface area (Å²) in [5, 5.41) is 1.05. The molecule has 0 saturated carbocycles. The minimum Gasteiger partial charge on any atom is -0.497 e. The molecule has 0 aliphatic carbocycles. The third-order valence-electron chi connectivity index (χ3n) is 6.69. The molecule has 2 rings (SSSR count). The number of rotatable bonds is 19. The van der Waals surface area contributed by atoms with Gasteiger partial charge in [0.05, 0.1) is 19.2 Å². The van der Waals surface area contributed by atoms with Crippen LogP contribution in [0.4, 0.5) is 4.79 Å². The van der Waals surface area contributed by atoms with E-state index in [2.05, 4.69) is 50.2 Å². The summed E-state index contributed by atoms with van der Waals surface area (Å²) in [6.45, 7) is 3.63. The first-order valence-corrected chi connectivity index (χ1v) is 14.4. The van der Waals surface area contributed by atoms with Gasteiger partial charge in [0.25, 0.3) is 0 Å². The molecule has 0 amide bonds. The standard InChI is InChI=1S/C32H50N2O3/c1-5-6-7-8-9-10-11-12-13-14-15-16-17-18-19-20-25-37-32(35)34-27-28(23-24-33(2)3)30-26-29(36-4)21-22-31(30)34/h9-10,12-13,21-22,26-27H,5-8,11,14-20,23-25H2,1-4H3/b10-9-,13-12-. The van der Waals surface area contributed by atoms with Crippen LogP contribution < -0.4 is 4.74 Å². The predicted octanol–water partition coefficient (Wildman–Crippen LogP) is 8.55. The molecule has 0 aliphatic heterocycles. The van der Waals surface area contributed by atoms with Crippen molar-refractivity contribution in [3.63, 3.8) is 0 Å². The van der Waals surface area contributed by atoms with E-state index in [0.29, 0.717) is 6.61 Å². The zero-order chi connectivity index (χ0) is 26.7. The molecule has 0 spiro atoms. The Labute approximate surface area is 225 Å². The van der Waals surface area contributed by atoms with Gasteiger partial charge in [-0.3, -0.25) is 4.57 Å². The Balaban J connectivity index is 1.61. The van der Waals surface area contributed by atoms with Gasteiger partial charge in [-0.2, -0.15) is 0 Å². The summed E-state index contributed by atoms with van der Waals surface area (Å²) in [6, 6.07) is 5.84. The molecule has 1 heterocycles. The van der Waals surface area contributed by atoms with E-state index in [-0.39, 0.29) is 6.09 Å². The molecule has 0 aliphatic rings. The average molecular weight is 511 g/mol. The highest BCUT2D eigenvalue weighted by Crippen LogP contribution is 2.27. The van der Waals surface area contributed by atoms with E-state index in [1.54, 1.807) is 11.7 Å². The first-order valence-electron chi connectivity index (χ1n) is 14.4. The predicted molar refractivity (Wildman–Crippen MR) is 157 cm³/mol. The Morgan fingerprint density at radius 2 is 1.59 bits per heavy atom. The van der Waals surface area contributed by atoms with Crippen LogP contribution in [0.1, 0.15) is 89.5 Å². The topological polar surface area (TPSA) is 43.7 Å². The lowest BCUT2D eigenvalue weighted by atomic mass is 10.1. The third-order valence-corrected chi connectivity index (χ3v) is 6.69. The van der Waals surface area contributed by atoms with Crippen molar-refractivity contribution in [2.24, 2.45) is 0 Å². The summed E-state index contributed by atoms with van der Waals surface area (Å²) in [5.74, 6) is 0.797. The Morgan fingerprint density at radius 1 is 0.919 bits per heavy atom. The van der Waals surface area contributed by atoms with E-state index < -0.39 is 0 Å². The number of carbonyl (C=O) groups is 1. The van der Waals surface area contributed by atoms with Gasteiger partial charge >= 0.3 is 6.09 Å². The van der Waals surface area contributed by atoms with Crippen LogP contribution in [-0.2, 0) is 11.2 Å². The molecule has 0 unspecified atom stereocenters. The highest BCUT2D eigenvalue weighted by atomic mass is 16.5. The number of carbonyl (C=O) groups excluding carboxylic acids is 1. The van der Waals surface area contributed by atoms with Crippen molar-refractivity contribution in [1.82, 2.24) is 9.47 Å². The van der Waals surface area contributed by atoms with Crippen molar-refractivity contribution in [3.05, 3.63) is 54.3 Å². The van der Waals surface area contributed by atoms with E-state index >= 15 is 0 Å². The van der Waals surface area contributed by atoms with Gasteiger partial charge in [0.1, 0.15) is 5.75 Å². The summed E-state index contributed by atoms with van der Waals surface area (Å²) in [5.41, 5.74) is 2.00. The van der Waals surface area contributed by atoms with Crippen LogP contribution >= 0.6 is 0 Å². The maximum atomic E-state index is 12.8. The second-order valence-corrected chi connectivity index (χ2v) is 10.2. The molecule has 37 heavy (non-hydrogen) atoms. The maximum Gasteiger partial charge on any atom is 0.418 e. The molecule has 206 valence electrons. The SMILES string of the molecule is CCCCC/C=C\C/C=C\CCCCCCCCOC(=O)n1cc(CCN(C)C)c2cc(OC)ccc21. The van der Waals surface area contributed by atoms with Crippen molar-refractivity contribution < 1.29 is 14.3 Å². The van der Waals surface area contributed by atoms with Gasteiger partial charge in [0.2, 0.25) is 0 Å². The smallest absolute Gasteiger partial charge is 0.418 e. The number of hydrogen-bond acceptors (Lipinski definition) is 4. The lowest BCUT2D eigenvalue weighted by Crippen LogP contribution is -2.15. The molecular weight excluding hydrogens is 460 g/mol. The average Bonchev–Trinajstić information content (AvgIpc) is 3.27. The fraction of sp³-hybridized carbons (Fsp3) is 0.594. The fourth-order valence-corrected chi connectivity index (χ4v) is 4.42. The Kier molecular flexibility index (Phi) is 15.5. The first-order chi connectivity index (χ1) is 18.1. The van der Waals surface area contributed by atoms with E-state index in [0.717, 1.165) is 54.4 Å². The molecule has 1 aromatic carbocycles. The zero-order valence-corrected chi connectivity index (χ0v) is 23.8. The maximum absolute atomic E-state index is 12.8. The van der Waals surface area contributed by atoms with E-state index in [1.165, 1.54) is 57.8 Å². The summed E-state index contributed by atoms with van der Waals surface area (Å²) in [7, 11) is 5.78. The van der Waals surface area contributed by atoms with Gasteiger partial charge < -0.3 is 14.4 Å². The second kappa shape index (κ2) is 18.7. The Hall–Kier alpha value is -2.53. The Bertz CT molecular complexity index is 958. The fourth-order valence-electron chi connectivity index (χ4n) is 4.42. The largest absolute Gasteiger partial charge is 0.497 e. The molecule has 5 nitrogen and oxygen atoms in total. The van der Waals surface area contributed by atoms with Crippen LogP contribution in [0.3, 0.4) is 0 Å². The molecule has 5 heteroatoms. The number of hydrogen-bond donors (Lipinski definition) is 0. The van der Waals surface area contributed by atoms with Crippen molar-refractivity contribution in [1.29, 1.82) is 0 Å². The summed E-state index contributed by atoms with van der Waals surface area (Å²) < 4.78 is 12.7. The molecule has 0 bridgehead atoms. The van der Waals surface area contributed by atoms with Crippen LogP contribution in [0.15, 0.2) is 48.7 Å². The third kappa shape index (κ3) is 12.0. The minimum absolute atomic E-state index is 0.297. The lowest BCUT2D eigenvalue weighted by Gasteiger charge is -2.08. The number of methoxy groups -OCH3 is 1. The summed E-state index contributed by atoms with van der Waals surface area (Å²) >= 11 is 0. The van der Waals surface area contributed by atoms with Crippen molar-refractivity contribution in [3.8, 4) is 5.75 Å². The molecule has 0 fully saturated rings. The molecule has 0 radical (unpaired) electrons. The van der Waals surface area contributed by atoms with Crippen molar-refractivity contribution >= 4 is 17.0 Å². The van der Waals surface area contributed by atoms with Gasteiger partial charge in [-0.05, 0) is 82.8 Å². The molecule has 0 atom stereocenters. The number of benzene rings is 1. The molecule has 0 saturated heterocycles. The number of ether oxygens (including phenoxy) is 2. The number of nitrogens with zero attached hydrogens (tertiary/aromatic N) is 2. The van der Waals surface area contributed by atoms with Gasteiger partial charge in [-0.25, -0.2) is 4.79 Å². The molecule has 0 N–H and O–H groups in total. The number of aromatic nitrogens is 1. The second-order valence-electron chi connectivity index (χ2n) is 10.2. The van der Waals surface area contributed by atoms with Crippen molar-refractivity contribution in [2.45, 2.75) is 90.4 Å². The van der Waals surface area contributed by atoms with Gasteiger partial charge in [0.15, 0.2) is 0 Å². The van der Waals surface area contributed by atoms with Crippen molar-refractivity contribution in [2.75, 3.05) is 34.4 Å².